The van der Waals surface area contributed by atoms with E-state index in [2.05, 4.69) is 12.6 Å². The first-order valence-corrected chi connectivity index (χ1v) is 3.54. The van der Waals surface area contributed by atoms with Gasteiger partial charge in [0.1, 0.15) is 0 Å². The zero-order valence-corrected chi connectivity index (χ0v) is 6.73. The zero-order chi connectivity index (χ0) is 7.56. The van der Waals surface area contributed by atoms with Crippen LogP contribution in [-0.4, -0.2) is 0 Å². The van der Waals surface area contributed by atoms with E-state index in [4.69, 9.17) is 6.58 Å². The molecule has 0 N–H and O–H groups in total. The van der Waals surface area contributed by atoms with Crippen LogP contribution >= 0.6 is 12.6 Å². The van der Waals surface area contributed by atoms with Crippen LogP contribution in [0.3, 0.4) is 0 Å². The Kier molecular flexibility index (Phi) is 2.17. The Labute approximate surface area is 67.0 Å². The topological polar surface area (TPSA) is 0 Å². The van der Waals surface area contributed by atoms with Gasteiger partial charge in [0, 0.05) is 4.90 Å². The highest BCUT2D eigenvalue weighted by molar-refractivity contribution is 7.80. The Morgan fingerprint density at radius 2 is 2.00 bits per heavy atom. The van der Waals surface area contributed by atoms with Crippen LogP contribution in [0.1, 0.15) is 12.5 Å². The van der Waals surface area contributed by atoms with Gasteiger partial charge >= 0.3 is 0 Å². The smallest absolute Gasteiger partial charge is 0.0115 e. The average molecular weight is 149 g/mol. The van der Waals surface area contributed by atoms with Gasteiger partial charge in [-0.25, -0.2) is 0 Å². The Balaban J connectivity index is 3.15. The van der Waals surface area contributed by atoms with Crippen LogP contribution < -0.4 is 0 Å². The van der Waals surface area contributed by atoms with Crippen molar-refractivity contribution in [2.24, 2.45) is 0 Å². The summed E-state index contributed by atoms with van der Waals surface area (Å²) in [6.45, 7) is 7.45. The summed E-state index contributed by atoms with van der Waals surface area (Å²) >= 11 is 4.24. The predicted molar refractivity (Wildman–Crippen MR) is 47.1 cm³/mol. The summed E-state index contributed by atoms with van der Waals surface area (Å²) in [5.41, 5.74) is 1.83. The summed E-state index contributed by atoms with van der Waals surface area (Å²) in [6.07, 6.45) is 0. The van der Waals surface area contributed by atoms with E-state index in [9.17, 15) is 0 Å². The van der Waals surface area contributed by atoms with E-state index in [-0.39, 0.29) is 0 Å². The molecule has 0 amide bonds. The highest BCUT2D eigenvalue weighted by Crippen LogP contribution is 2.19. The van der Waals surface area contributed by atoms with Gasteiger partial charge < -0.3 is 0 Å². The Morgan fingerprint density at radius 3 is 2.40 bits per heavy atom. The van der Waals surface area contributed by atoms with E-state index in [0.29, 0.717) is 0 Å². The van der Waals surface area contributed by atoms with Gasteiger partial charge in [-0.15, -0.1) is 12.6 Å². The fourth-order valence-electron chi connectivity index (χ4n) is 0.807. The SMILES string of the molecule is [CH]=C(C)c1ccccc1S. The van der Waals surface area contributed by atoms with Crippen LogP contribution in [0.2, 0.25) is 0 Å². The zero-order valence-electron chi connectivity index (χ0n) is 5.83. The van der Waals surface area contributed by atoms with Crippen LogP contribution in [0.25, 0.3) is 5.57 Å². The van der Waals surface area contributed by atoms with Crippen molar-refractivity contribution in [3.8, 4) is 0 Å². The van der Waals surface area contributed by atoms with E-state index in [1.165, 1.54) is 0 Å². The molecule has 1 rings (SSSR count). The third-order valence-corrected chi connectivity index (χ3v) is 1.72. The Hall–Kier alpha value is -0.690. The van der Waals surface area contributed by atoms with Crippen LogP contribution in [0.5, 0.6) is 0 Å². The number of hydrogen-bond acceptors (Lipinski definition) is 1. The van der Waals surface area contributed by atoms with Gasteiger partial charge in [0.15, 0.2) is 0 Å². The van der Waals surface area contributed by atoms with Gasteiger partial charge in [-0.05, 0) is 24.1 Å². The summed E-state index contributed by atoms with van der Waals surface area (Å²) in [7, 11) is 0. The van der Waals surface area contributed by atoms with Crippen molar-refractivity contribution in [3.63, 3.8) is 0 Å². The molecule has 0 aliphatic heterocycles. The number of benzene rings is 1. The maximum atomic E-state index is 5.58. The minimum atomic E-state index is 0.811. The van der Waals surface area contributed by atoms with Crippen molar-refractivity contribution in [2.45, 2.75) is 11.8 Å². The molecule has 51 valence electrons. The summed E-state index contributed by atoms with van der Waals surface area (Å²) in [5.74, 6) is 0. The van der Waals surface area contributed by atoms with Crippen LogP contribution in [0, 0.1) is 6.58 Å². The second kappa shape index (κ2) is 2.93. The fraction of sp³-hybridized carbons (Fsp3) is 0.111. The van der Waals surface area contributed by atoms with Crippen molar-refractivity contribution < 1.29 is 0 Å². The highest BCUT2D eigenvalue weighted by Gasteiger charge is 1.95. The molecule has 0 unspecified atom stereocenters. The molecule has 0 saturated carbocycles. The lowest BCUT2D eigenvalue weighted by Crippen LogP contribution is -1.78. The van der Waals surface area contributed by atoms with E-state index in [1.54, 1.807) is 0 Å². The molecule has 1 heteroatoms. The normalized spacial score (nSPS) is 9.40. The van der Waals surface area contributed by atoms with Crippen molar-refractivity contribution in [3.05, 3.63) is 36.4 Å². The number of rotatable bonds is 1. The van der Waals surface area contributed by atoms with Gasteiger partial charge in [-0.2, -0.15) is 0 Å². The molecular weight excluding hydrogens is 140 g/mol. The molecule has 1 aromatic carbocycles. The molecule has 0 heterocycles. The molecule has 0 aromatic heterocycles. The minimum absolute atomic E-state index is 0.811. The van der Waals surface area contributed by atoms with Gasteiger partial charge in [0.2, 0.25) is 0 Å². The lowest BCUT2D eigenvalue weighted by molar-refractivity contribution is 1.40. The first-order chi connectivity index (χ1) is 4.72. The minimum Gasteiger partial charge on any atom is -0.143 e. The third-order valence-electron chi connectivity index (χ3n) is 1.33. The van der Waals surface area contributed by atoms with E-state index >= 15 is 0 Å². The molecule has 0 saturated heterocycles. The van der Waals surface area contributed by atoms with Crippen molar-refractivity contribution in [1.29, 1.82) is 0 Å². The Morgan fingerprint density at radius 1 is 1.40 bits per heavy atom. The van der Waals surface area contributed by atoms with Crippen LogP contribution in [0.4, 0.5) is 0 Å². The van der Waals surface area contributed by atoms with Crippen molar-refractivity contribution >= 4 is 18.2 Å². The van der Waals surface area contributed by atoms with Gasteiger partial charge in [0.05, 0.1) is 0 Å². The monoisotopic (exact) mass is 149 g/mol. The lowest BCUT2D eigenvalue weighted by Gasteiger charge is -2.00. The van der Waals surface area contributed by atoms with Gasteiger partial charge in [0.25, 0.3) is 0 Å². The van der Waals surface area contributed by atoms with E-state index < -0.39 is 0 Å². The maximum Gasteiger partial charge on any atom is 0.0115 e. The molecule has 1 radical (unpaired) electrons. The van der Waals surface area contributed by atoms with Crippen LogP contribution in [-0.2, 0) is 0 Å². The molecule has 0 bridgehead atoms. The summed E-state index contributed by atoms with van der Waals surface area (Å²) in [5, 5.41) is 0. The predicted octanol–water partition coefficient (Wildman–Crippen LogP) is 2.81. The maximum absolute atomic E-state index is 5.58. The molecule has 1 aromatic rings. The summed E-state index contributed by atoms with van der Waals surface area (Å²) in [4.78, 5) is 0.933. The standard InChI is InChI=1S/C9H9S/c1-7(2)8-5-3-4-6-9(8)10/h1,3-6,10H,2H3. The summed E-state index contributed by atoms with van der Waals surface area (Å²) in [6, 6.07) is 7.77. The highest BCUT2D eigenvalue weighted by atomic mass is 32.1. The second-order valence-corrected chi connectivity index (χ2v) is 2.68. The molecule has 0 aliphatic carbocycles. The quantitative estimate of drug-likeness (QED) is 0.583. The second-order valence-electron chi connectivity index (χ2n) is 2.20. The van der Waals surface area contributed by atoms with Crippen molar-refractivity contribution in [1.82, 2.24) is 0 Å². The van der Waals surface area contributed by atoms with Crippen LogP contribution in [0.15, 0.2) is 29.2 Å². The number of allylic oxidation sites excluding steroid dienone is 1. The first kappa shape index (κ1) is 7.42. The molecule has 0 nitrogen and oxygen atoms in total. The molecule has 0 atom stereocenters. The fourth-order valence-corrected chi connectivity index (χ4v) is 1.14. The van der Waals surface area contributed by atoms with Gasteiger partial charge in [-0.1, -0.05) is 24.8 Å². The van der Waals surface area contributed by atoms with E-state index in [0.717, 1.165) is 16.0 Å². The van der Waals surface area contributed by atoms with E-state index in [1.807, 2.05) is 31.2 Å². The number of hydrogen-bond donors (Lipinski definition) is 1. The molecule has 0 fully saturated rings. The third kappa shape index (κ3) is 1.42. The molecule has 10 heavy (non-hydrogen) atoms. The Bertz CT molecular complexity index is 251. The average Bonchev–Trinajstić information content (AvgIpc) is 1.88. The largest absolute Gasteiger partial charge is 0.143 e. The lowest BCUT2D eigenvalue weighted by atomic mass is 10.1. The van der Waals surface area contributed by atoms with Crippen molar-refractivity contribution in [2.75, 3.05) is 0 Å². The first-order valence-electron chi connectivity index (χ1n) is 3.09. The molecular formula is C9H9S. The number of thiol groups is 1. The van der Waals surface area contributed by atoms with Gasteiger partial charge in [-0.3, -0.25) is 0 Å². The summed E-state index contributed by atoms with van der Waals surface area (Å²) < 4.78 is 0. The molecule has 0 aliphatic rings. The molecule has 0 spiro atoms.